The lowest BCUT2D eigenvalue weighted by molar-refractivity contribution is -0.139. The molecule has 2 amide bonds. The summed E-state index contributed by atoms with van der Waals surface area (Å²) in [5.41, 5.74) is 4.34. The van der Waals surface area contributed by atoms with Crippen molar-refractivity contribution in [3.8, 4) is 5.75 Å². The molecule has 2 atom stereocenters. The molecule has 0 bridgehead atoms. The molecule has 0 aliphatic carbocycles. The Balaban J connectivity index is 1.39. The molecule has 1 fully saturated rings. The molecule has 0 spiro atoms. The number of rotatable bonds is 7. The lowest BCUT2D eigenvalue weighted by Crippen LogP contribution is -2.51. The molecule has 198 valence electrons. The van der Waals surface area contributed by atoms with Crippen LogP contribution in [0, 0.1) is 6.92 Å². The molecule has 0 radical (unpaired) electrons. The van der Waals surface area contributed by atoms with Crippen molar-refractivity contribution in [1.82, 2.24) is 14.7 Å². The van der Waals surface area contributed by atoms with Crippen molar-refractivity contribution in [3.63, 3.8) is 0 Å². The molecule has 2 aliphatic heterocycles. The van der Waals surface area contributed by atoms with E-state index in [4.69, 9.17) is 9.15 Å². The third-order valence-electron chi connectivity index (χ3n) is 7.43. The number of carbonyl (C=O) groups excluding carboxylic acids is 2. The number of benzene rings is 2. The van der Waals surface area contributed by atoms with E-state index in [1.807, 2.05) is 41.0 Å². The molecular weight excluding hydrogens is 478 g/mol. The maximum absolute atomic E-state index is 13.5. The Bertz CT molecular complexity index is 1290. The van der Waals surface area contributed by atoms with Crippen molar-refractivity contribution < 1.29 is 18.7 Å². The van der Waals surface area contributed by atoms with Gasteiger partial charge in [0.05, 0.1) is 12.3 Å². The summed E-state index contributed by atoms with van der Waals surface area (Å²) in [5.74, 6) is 0.800. The monoisotopic (exact) mass is 513 g/mol. The largest absolute Gasteiger partial charge is 0.481 e. The molecule has 2 aliphatic rings. The van der Waals surface area contributed by atoms with Crippen LogP contribution in [0.3, 0.4) is 0 Å². The van der Waals surface area contributed by atoms with E-state index < -0.39 is 6.10 Å². The molecule has 2 aromatic carbocycles. The molecule has 1 aromatic heterocycles. The van der Waals surface area contributed by atoms with Crippen molar-refractivity contribution in [2.45, 2.75) is 32.4 Å². The van der Waals surface area contributed by atoms with Gasteiger partial charge in [-0.25, -0.2) is 0 Å². The van der Waals surface area contributed by atoms with Gasteiger partial charge in [-0.15, -0.1) is 6.58 Å². The molecule has 1 saturated heterocycles. The highest BCUT2D eigenvalue weighted by Crippen LogP contribution is 2.38. The van der Waals surface area contributed by atoms with E-state index in [-0.39, 0.29) is 17.9 Å². The Labute approximate surface area is 224 Å². The number of fused-ring (bicyclic) bond motifs is 1. The third-order valence-corrected chi connectivity index (χ3v) is 7.43. The van der Waals surface area contributed by atoms with Gasteiger partial charge in [-0.1, -0.05) is 42.0 Å². The highest BCUT2D eigenvalue weighted by Gasteiger charge is 2.34. The van der Waals surface area contributed by atoms with Gasteiger partial charge in [-0.05, 0) is 61.2 Å². The number of aryl methyl sites for hydroxylation is 1. The van der Waals surface area contributed by atoms with Gasteiger partial charge in [0.2, 0.25) is 0 Å². The Hall–Kier alpha value is -3.84. The number of piperazine rings is 1. The number of hydrogen-bond donors (Lipinski definition) is 0. The predicted molar refractivity (Wildman–Crippen MR) is 146 cm³/mol. The molecule has 3 heterocycles. The van der Waals surface area contributed by atoms with Crippen LogP contribution in [0.25, 0.3) is 0 Å². The molecule has 7 nitrogen and oxygen atoms in total. The number of hydrogen-bond acceptors (Lipinski definition) is 5. The summed E-state index contributed by atoms with van der Waals surface area (Å²) >= 11 is 0. The molecule has 5 rings (SSSR count). The maximum Gasteiger partial charge on any atom is 0.290 e. The highest BCUT2D eigenvalue weighted by molar-refractivity contribution is 5.92. The van der Waals surface area contributed by atoms with E-state index in [0.29, 0.717) is 31.1 Å². The third kappa shape index (κ3) is 5.38. The van der Waals surface area contributed by atoms with Crippen molar-refractivity contribution >= 4 is 11.8 Å². The first-order valence-corrected chi connectivity index (χ1v) is 13.3. The van der Waals surface area contributed by atoms with Crippen LogP contribution in [0.1, 0.15) is 45.8 Å². The summed E-state index contributed by atoms with van der Waals surface area (Å²) in [6, 6.07) is 17.4. The highest BCUT2D eigenvalue weighted by atomic mass is 16.5. The lowest BCUT2D eigenvalue weighted by atomic mass is 9.87. The van der Waals surface area contributed by atoms with E-state index in [2.05, 4.69) is 42.7 Å². The first kappa shape index (κ1) is 25.8. The summed E-state index contributed by atoms with van der Waals surface area (Å²) in [7, 11) is 0. The fourth-order valence-corrected chi connectivity index (χ4v) is 5.47. The van der Waals surface area contributed by atoms with E-state index in [9.17, 15) is 9.59 Å². The summed E-state index contributed by atoms with van der Waals surface area (Å²) in [4.78, 5) is 32.7. The normalized spacial score (nSPS) is 18.5. The molecule has 38 heavy (non-hydrogen) atoms. The second kappa shape index (κ2) is 11.3. The van der Waals surface area contributed by atoms with Gasteiger partial charge in [0, 0.05) is 39.3 Å². The maximum atomic E-state index is 13.5. The second-order valence-electron chi connectivity index (χ2n) is 10.1. The number of nitrogens with zero attached hydrogens (tertiary/aromatic N) is 3. The number of ether oxygens (including phenoxy) is 1. The Morgan fingerprint density at radius 3 is 2.61 bits per heavy atom. The smallest absolute Gasteiger partial charge is 0.290 e. The van der Waals surface area contributed by atoms with Crippen LogP contribution in [0.15, 0.2) is 77.9 Å². The van der Waals surface area contributed by atoms with Gasteiger partial charge >= 0.3 is 0 Å². The summed E-state index contributed by atoms with van der Waals surface area (Å²) in [5, 5.41) is 0. The quantitative estimate of drug-likeness (QED) is 0.436. The van der Waals surface area contributed by atoms with Crippen molar-refractivity contribution in [3.05, 3.63) is 102 Å². The van der Waals surface area contributed by atoms with Crippen LogP contribution in [0.5, 0.6) is 5.75 Å². The summed E-state index contributed by atoms with van der Waals surface area (Å²) in [6.45, 7) is 12.1. The van der Waals surface area contributed by atoms with Crippen molar-refractivity contribution in [2.75, 3.05) is 39.3 Å². The van der Waals surface area contributed by atoms with E-state index in [1.165, 1.54) is 11.8 Å². The fraction of sp³-hybridized carbons (Fsp3) is 0.355. The van der Waals surface area contributed by atoms with Gasteiger partial charge in [-0.3, -0.25) is 14.5 Å². The van der Waals surface area contributed by atoms with Crippen LogP contribution in [-0.4, -0.2) is 71.9 Å². The van der Waals surface area contributed by atoms with Gasteiger partial charge < -0.3 is 19.0 Å². The first-order chi connectivity index (χ1) is 18.4. The number of furan rings is 1. The zero-order valence-corrected chi connectivity index (χ0v) is 22.1. The predicted octanol–water partition coefficient (Wildman–Crippen LogP) is 4.47. The van der Waals surface area contributed by atoms with E-state index in [1.54, 1.807) is 12.1 Å². The van der Waals surface area contributed by atoms with Crippen molar-refractivity contribution in [1.29, 1.82) is 0 Å². The van der Waals surface area contributed by atoms with E-state index >= 15 is 0 Å². The lowest BCUT2D eigenvalue weighted by Gasteiger charge is -2.38. The molecule has 0 N–H and O–H groups in total. The SMILES string of the molecule is C=CCN1CCN(C(=O)[C@@H](C)Oc2ccc3c(c2)[C@@H](c2cccc(C)c2)N(C(=O)c2ccco2)CC3)CC1. The first-order valence-electron chi connectivity index (χ1n) is 13.3. The second-order valence-corrected chi connectivity index (χ2v) is 10.1. The zero-order valence-electron chi connectivity index (χ0n) is 22.1. The van der Waals surface area contributed by atoms with Gasteiger partial charge in [0.1, 0.15) is 5.75 Å². The van der Waals surface area contributed by atoms with Crippen LogP contribution in [0.2, 0.25) is 0 Å². The zero-order chi connectivity index (χ0) is 26.6. The molecule has 3 aromatic rings. The minimum Gasteiger partial charge on any atom is -0.481 e. The van der Waals surface area contributed by atoms with Crippen LogP contribution in [0.4, 0.5) is 0 Å². The van der Waals surface area contributed by atoms with Gasteiger partial charge in [0.15, 0.2) is 11.9 Å². The topological polar surface area (TPSA) is 66.2 Å². The van der Waals surface area contributed by atoms with Gasteiger partial charge in [0.25, 0.3) is 11.8 Å². The summed E-state index contributed by atoms with van der Waals surface area (Å²) < 4.78 is 11.7. The minimum atomic E-state index is -0.610. The van der Waals surface area contributed by atoms with Crippen LogP contribution >= 0.6 is 0 Å². The Morgan fingerprint density at radius 1 is 1.08 bits per heavy atom. The molecule has 0 saturated carbocycles. The molecular formula is C31H35N3O4. The number of carbonyl (C=O) groups is 2. The van der Waals surface area contributed by atoms with Gasteiger partial charge in [-0.2, -0.15) is 0 Å². The molecule has 0 unspecified atom stereocenters. The Kier molecular flexibility index (Phi) is 7.65. The Morgan fingerprint density at radius 2 is 1.89 bits per heavy atom. The standard InChI is InChI=1S/C31H35N3O4/c1-4-13-32-15-17-33(18-16-32)30(35)23(3)38-26-11-10-24-12-14-34(31(36)28-9-6-19-37-28)29(27(24)21-26)25-8-5-7-22(2)20-25/h4-11,19-21,23,29H,1,12-18H2,2-3H3/t23-,29-/m1/s1. The van der Waals surface area contributed by atoms with Crippen molar-refractivity contribution in [2.24, 2.45) is 0 Å². The average molecular weight is 514 g/mol. The van der Waals surface area contributed by atoms with Crippen LogP contribution in [-0.2, 0) is 11.2 Å². The average Bonchev–Trinajstić information content (AvgIpc) is 3.47. The van der Waals surface area contributed by atoms with Crippen LogP contribution < -0.4 is 4.74 Å². The summed E-state index contributed by atoms with van der Waals surface area (Å²) in [6.07, 6.45) is 3.54. The number of amides is 2. The molecule has 7 heteroatoms. The minimum absolute atomic E-state index is 0.00849. The van der Waals surface area contributed by atoms with E-state index in [0.717, 1.165) is 42.7 Å². The fourth-order valence-electron chi connectivity index (χ4n) is 5.47.